The maximum atomic E-state index is 13.1. The van der Waals surface area contributed by atoms with E-state index in [2.05, 4.69) is 19.2 Å². The summed E-state index contributed by atoms with van der Waals surface area (Å²) in [6.07, 6.45) is 4.34. The van der Waals surface area contributed by atoms with Crippen LogP contribution in [0, 0.1) is 29.5 Å². The summed E-state index contributed by atoms with van der Waals surface area (Å²) in [7, 11) is 0. The Hall–Kier alpha value is -1.54. The highest BCUT2D eigenvalue weighted by molar-refractivity contribution is 5.90. The molecule has 31 heavy (non-hydrogen) atoms. The minimum Gasteiger partial charge on any atom is -0.346 e. The van der Waals surface area contributed by atoms with E-state index in [0.29, 0.717) is 30.4 Å². The van der Waals surface area contributed by atoms with E-state index < -0.39 is 17.7 Å². The standard InChI is InChI=1S/C24H32FNO5/c1-14-4-9-19-15(2)20(10-11-21(27)26-17-7-5-16(25)6-8-17)28-22-24(19)18(14)12-13-23(3,29-22)30-31-24/h5-8,14-15,18-20,22H,4,9-13H2,1-3H3,(H,26,27)/t14-,15-,18-,19+,20-,22-,23+,24-/m1/s1. The van der Waals surface area contributed by atoms with Gasteiger partial charge in [-0.1, -0.05) is 13.8 Å². The van der Waals surface area contributed by atoms with Crippen LogP contribution in [0.4, 0.5) is 10.1 Å². The summed E-state index contributed by atoms with van der Waals surface area (Å²) < 4.78 is 26.0. The van der Waals surface area contributed by atoms with Gasteiger partial charge in [0.1, 0.15) is 5.82 Å². The number of anilines is 1. The highest BCUT2D eigenvalue weighted by atomic mass is 19.1. The summed E-state index contributed by atoms with van der Waals surface area (Å²) in [4.78, 5) is 24.5. The van der Waals surface area contributed by atoms with Gasteiger partial charge in [0, 0.05) is 24.4 Å². The first-order valence-corrected chi connectivity index (χ1v) is 11.6. The number of amides is 1. The molecule has 1 spiro atoms. The maximum absolute atomic E-state index is 13.1. The molecule has 1 N–H and O–H groups in total. The monoisotopic (exact) mass is 433 g/mol. The van der Waals surface area contributed by atoms with Gasteiger partial charge in [0.15, 0.2) is 11.9 Å². The number of benzene rings is 1. The molecule has 0 radical (unpaired) electrons. The number of fused-ring (bicyclic) bond motifs is 2. The Kier molecular flexibility index (Phi) is 5.36. The quantitative estimate of drug-likeness (QED) is 0.692. The van der Waals surface area contributed by atoms with Gasteiger partial charge in [-0.15, -0.1) is 0 Å². The number of hydrogen-bond donors (Lipinski definition) is 1. The van der Waals surface area contributed by atoms with E-state index in [1.54, 1.807) is 12.1 Å². The second-order valence-corrected chi connectivity index (χ2v) is 10.0. The van der Waals surface area contributed by atoms with Crippen LogP contribution in [0.25, 0.3) is 0 Å². The smallest absolute Gasteiger partial charge is 0.224 e. The summed E-state index contributed by atoms with van der Waals surface area (Å²) >= 11 is 0. The fraction of sp³-hybridized carbons (Fsp3) is 0.708. The van der Waals surface area contributed by atoms with Gasteiger partial charge >= 0.3 is 0 Å². The molecule has 170 valence electrons. The normalized spacial score (nSPS) is 43.7. The first kappa shape index (κ1) is 21.3. The van der Waals surface area contributed by atoms with E-state index >= 15 is 0 Å². The van der Waals surface area contributed by atoms with Gasteiger partial charge in [-0.3, -0.25) is 4.79 Å². The number of ether oxygens (including phenoxy) is 2. The SMILES string of the molecule is C[C@H]1[C@@H](CCC(=O)Nc2ccc(F)cc2)O[C@@H]2O[C@]3(C)CC[C@@H]4[C@H](C)CC[C@@H]1[C@@]24OO3. The molecule has 5 fully saturated rings. The minimum atomic E-state index is -0.789. The number of hydrogen-bond acceptors (Lipinski definition) is 5. The average molecular weight is 434 g/mol. The molecule has 2 bridgehead atoms. The van der Waals surface area contributed by atoms with Crippen LogP contribution in [0.5, 0.6) is 0 Å². The third kappa shape index (κ3) is 3.59. The molecule has 1 aromatic rings. The molecule has 6 rings (SSSR count). The number of carbonyl (C=O) groups excluding carboxylic acids is 1. The van der Waals surface area contributed by atoms with Crippen LogP contribution in [0.2, 0.25) is 0 Å². The molecule has 6 nitrogen and oxygen atoms in total. The highest BCUT2D eigenvalue weighted by Crippen LogP contribution is 2.60. The third-order valence-corrected chi connectivity index (χ3v) is 8.08. The fourth-order valence-corrected chi connectivity index (χ4v) is 6.34. The van der Waals surface area contributed by atoms with Crippen molar-refractivity contribution in [1.82, 2.24) is 0 Å². The molecular weight excluding hydrogens is 401 g/mol. The Labute approximate surface area is 182 Å². The molecule has 4 saturated heterocycles. The number of halogens is 1. The first-order valence-electron chi connectivity index (χ1n) is 11.6. The van der Waals surface area contributed by atoms with E-state index in [0.717, 1.165) is 25.7 Å². The van der Waals surface area contributed by atoms with Crippen molar-refractivity contribution < 1.29 is 28.4 Å². The zero-order chi connectivity index (χ0) is 21.8. The lowest BCUT2D eigenvalue weighted by atomic mass is 9.57. The average Bonchev–Trinajstić information content (AvgIpc) is 2.97. The van der Waals surface area contributed by atoms with Crippen LogP contribution in [-0.2, 0) is 24.0 Å². The summed E-state index contributed by atoms with van der Waals surface area (Å²) in [5.41, 5.74) is 0.0231. The molecule has 4 aliphatic heterocycles. The molecule has 1 aliphatic carbocycles. The topological polar surface area (TPSA) is 66.0 Å². The molecule has 7 heteroatoms. The molecule has 1 amide bonds. The van der Waals surface area contributed by atoms with Gasteiger partial charge in [-0.05, 0) is 74.6 Å². The van der Waals surface area contributed by atoms with Crippen molar-refractivity contribution in [3.8, 4) is 0 Å². The van der Waals surface area contributed by atoms with E-state index in [-0.39, 0.29) is 29.7 Å². The van der Waals surface area contributed by atoms with Crippen LogP contribution in [-0.4, -0.2) is 29.7 Å². The molecule has 1 aromatic carbocycles. The fourth-order valence-electron chi connectivity index (χ4n) is 6.34. The van der Waals surface area contributed by atoms with E-state index in [4.69, 9.17) is 19.2 Å². The van der Waals surface area contributed by atoms with Gasteiger partial charge in [0.2, 0.25) is 11.7 Å². The molecule has 5 aliphatic rings. The van der Waals surface area contributed by atoms with E-state index in [9.17, 15) is 9.18 Å². The molecule has 4 heterocycles. The van der Waals surface area contributed by atoms with Crippen LogP contribution < -0.4 is 5.32 Å². The zero-order valence-corrected chi connectivity index (χ0v) is 18.4. The van der Waals surface area contributed by atoms with Crippen molar-refractivity contribution in [2.45, 2.75) is 83.1 Å². The van der Waals surface area contributed by atoms with Crippen molar-refractivity contribution >= 4 is 11.6 Å². The van der Waals surface area contributed by atoms with Crippen molar-refractivity contribution in [3.05, 3.63) is 30.1 Å². The Morgan fingerprint density at radius 2 is 1.90 bits per heavy atom. The van der Waals surface area contributed by atoms with Crippen LogP contribution >= 0.6 is 0 Å². The number of carbonyl (C=O) groups is 1. The second kappa shape index (κ2) is 7.80. The predicted molar refractivity (Wildman–Crippen MR) is 111 cm³/mol. The Balaban J connectivity index is 1.30. The minimum absolute atomic E-state index is 0.0970. The van der Waals surface area contributed by atoms with Crippen LogP contribution in [0.15, 0.2) is 24.3 Å². The van der Waals surface area contributed by atoms with Crippen LogP contribution in [0.1, 0.15) is 59.3 Å². The lowest BCUT2D eigenvalue weighted by molar-refractivity contribution is -0.571. The molecule has 8 atom stereocenters. The molecule has 0 aromatic heterocycles. The number of nitrogens with one attached hydrogen (secondary N) is 1. The number of rotatable bonds is 4. The lowest BCUT2D eigenvalue weighted by Crippen LogP contribution is -2.70. The van der Waals surface area contributed by atoms with Gasteiger partial charge < -0.3 is 14.8 Å². The Bertz CT molecular complexity index is 834. The lowest BCUT2D eigenvalue weighted by Gasteiger charge is -2.60. The van der Waals surface area contributed by atoms with Crippen molar-refractivity contribution in [2.75, 3.05) is 5.32 Å². The highest BCUT2D eigenvalue weighted by Gasteiger charge is 2.69. The van der Waals surface area contributed by atoms with E-state index in [1.165, 1.54) is 12.1 Å². The van der Waals surface area contributed by atoms with E-state index in [1.807, 2.05) is 6.92 Å². The van der Waals surface area contributed by atoms with Gasteiger partial charge in [-0.25, -0.2) is 14.2 Å². The maximum Gasteiger partial charge on any atom is 0.224 e. The van der Waals surface area contributed by atoms with Gasteiger partial charge in [0.25, 0.3) is 0 Å². The molecular formula is C24H32FNO5. The van der Waals surface area contributed by atoms with Gasteiger partial charge in [-0.2, -0.15) is 0 Å². The summed E-state index contributed by atoms with van der Waals surface area (Å²) in [6, 6.07) is 5.80. The van der Waals surface area contributed by atoms with Crippen LogP contribution in [0.3, 0.4) is 0 Å². The Morgan fingerprint density at radius 1 is 1.13 bits per heavy atom. The predicted octanol–water partition coefficient (Wildman–Crippen LogP) is 4.79. The third-order valence-electron chi connectivity index (χ3n) is 8.08. The summed E-state index contributed by atoms with van der Waals surface area (Å²) in [6.45, 7) is 6.42. The summed E-state index contributed by atoms with van der Waals surface area (Å²) in [5.74, 6) is 0.135. The molecule has 0 unspecified atom stereocenters. The summed E-state index contributed by atoms with van der Waals surface area (Å²) in [5, 5.41) is 2.83. The zero-order valence-electron chi connectivity index (χ0n) is 18.4. The second-order valence-electron chi connectivity index (χ2n) is 10.0. The van der Waals surface area contributed by atoms with Crippen molar-refractivity contribution in [3.63, 3.8) is 0 Å². The Morgan fingerprint density at radius 3 is 2.68 bits per heavy atom. The first-order chi connectivity index (χ1) is 14.8. The molecule has 1 saturated carbocycles. The largest absolute Gasteiger partial charge is 0.346 e. The van der Waals surface area contributed by atoms with Gasteiger partial charge in [0.05, 0.1) is 6.10 Å². The van der Waals surface area contributed by atoms with Crippen molar-refractivity contribution in [2.24, 2.45) is 23.7 Å². The van der Waals surface area contributed by atoms with Crippen molar-refractivity contribution in [1.29, 1.82) is 0 Å².